The number of aryl methyl sites for hydroxylation is 2. The fourth-order valence-electron chi connectivity index (χ4n) is 2.10. The second-order valence-electron chi connectivity index (χ2n) is 4.76. The Hall–Kier alpha value is -2.70. The number of nitrogens with zero attached hydrogens (tertiary/aromatic N) is 6. The van der Waals surface area contributed by atoms with Crippen molar-refractivity contribution in [2.24, 2.45) is 14.1 Å². The molecule has 0 saturated heterocycles. The van der Waals surface area contributed by atoms with E-state index in [1.807, 2.05) is 44.0 Å². The summed E-state index contributed by atoms with van der Waals surface area (Å²) < 4.78 is 3.66. The van der Waals surface area contributed by atoms with Gasteiger partial charge in [0.25, 0.3) is 0 Å². The van der Waals surface area contributed by atoms with Gasteiger partial charge in [-0.05, 0) is 6.92 Å². The molecule has 0 aliphatic heterocycles. The van der Waals surface area contributed by atoms with E-state index in [4.69, 9.17) is 0 Å². The summed E-state index contributed by atoms with van der Waals surface area (Å²) in [5, 5.41) is 7.42. The van der Waals surface area contributed by atoms with Crippen LogP contribution in [0.5, 0.6) is 0 Å². The number of nitrogens with one attached hydrogen (secondary N) is 1. The summed E-state index contributed by atoms with van der Waals surface area (Å²) in [7, 11) is 3.81. The number of hydrogen-bond donors (Lipinski definition) is 1. The fourth-order valence-corrected chi connectivity index (χ4v) is 2.10. The summed E-state index contributed by atoms with van der Waals surface area (Å²) in [6.07, 6.45) is 7.34. The normalized spacial score (nSPS) is 10.8. The predicted molar refractivity (Wildman–Crippen MR) is 80.6 cm³/mol. The van der Waals surface area contributed by atoms with Gasteiger partial charge in [0.2, 0.25) is 0 Å². The highest BCUT2D eigenvalue weighted by Gasteiger charge is 2.12. The van der Waals surface area contributed by atoms with Crippen LogP contribution in [0.4, 0.5) is 5.82 Å². The van der Waals surface area contributed by atoms with Gasteiger partial charge in [0.1, 0.15) is 5.82 Å². The Morgan fingerprint density at radius 3 is 2.71 bits per heavy atom. The minimum absolute atomic E-state index is 0.597. The Balaban J connectivity index is 2.12. The number of anilines is 1. The van der Waals surface area contributed by atoms with Crippen molar-refractivity contribution >= 4 is 5.82 Å². The van der Waals surface area contributed by atoms with Crippen LogP contribution in [0.1, 0.15) is 6.92 Å². The maximum atomic E-state index is 4.61. The van der Waals surface area contributed by atoms with Crippen molar-refractivity contribution in [2.75, 3.05) is 11.9 Å². The molecule has 1 N–H and O–H groups in total. The largest absolute Gasteiger partial charge is 0.370 e. The molecule has 21 heavy (non-hydrogen) atoms. The molecule has 0 saturated carbocycles. The Kier molecular flexibility index (Phi) is 3.39. The number of hydrogen-bond acceptors (Lipinski definition) is 5. The molecule has 0 aliphatic carbocycles. The molecule has 3 heterocycles. The molecular formula is C14H17N7. The molecule has 0 aromatic carbocycles. The van der Waals surface area contributed by atoms with Crippen LogP contribution in [0, 0.1) is 0 Å². The Labute approximate surface area is 122 Å². The molecule has 108 valence electrons. The third-order valence-corrected chi connectivity index (χ3v) is 3.11. The molecule has 0 atom stereocenters. The molecule has 3 aromatic rings. The first-order valence-electron chi connectivity index (χ1n) is 6.77. The van der Waals surface area contributed by atoms with Crippen LogP contribution in [0.2, 0.25) is 0 Å². The van der Waals surface area contributed by atoms with Crippen LogP contribution in [0.25, 0.3) is 22.9 Å². The number of rotatable bonds is 4. The zero-order chi connectivity index (χ0) is 14.8. The van der Waals surface area contributed by atoms with Gasteiger partial charge >= 0.3 is 0 Å². The minimum atomic E-state index is 0.597. The summed E-state index contributed by atoms with van der Waals surface area (Å²) in [6.45, 7) is 2.83. The molecule has 0 aliphatic rings. The third-order valence-electron chi connectivity index (χ3n) is 3.11. The predicted octanol–water partition coefficient (Wildman–Crippen LogP) is 1.71. The van der Waals surface area contributed by atoms with Gasteiger partial charge in [-0.15, -0.1) is 0 Å². The van der Waals surface area contributed by atoms with E-state index in [-0.39, 0.29) is 0 Å². The fraction of sp³-hybridized carbons (Fsp3) is 0.286. The van der Waals surface area contributed by atoms with Crippen molar-refractivity contribution in [1.29, 1.82) is 0 Å². The van der Waals surface area contributed by atoms with Gasteiger partial charge in [0, 0.05) is 50.9 Å². The molecule has 3 rings (SSSR count). The highest BCUT2D eigenvalue weighted by Crippen LogP contribution is 2.22. The van der Waals surface area contributed by atoms with Crippen molar-refractivity contribution in [1.82, 2.24) is 29.3 Å². The Bertz CT molecular complexity index is 756. The van der Waals surface area contributed by atoms with Gasteiger partial charge in [0.05, 0.1) is 11.9 Å². The monoisotopic (exact) mass is 283 g/mol. The van der Waals surface area contributed by atoms with E-state index in [1.165, 1.54) is 0 Å². The van der Waals surface area contributed by atoms with Crippen LogP contribution in [0.3, 0.4) is 0 Å². The first kappa shape index (κ1) is 13.3. The average Bonchev–Trinajstić information content (AvgIpc) is 3.07. The molecule has 0 spiro atoms. The lowest BCUT2D eigenvalue weighted by Gasteiger charge is -2.08. The van der Waals surface area contributed by atoms with Crippen LogP contribution >= 0.6 is 0 Å². The minimum Gasteiger partial charge on any atom is -0.370 e. The van der Waals surface area contributed by atoms with Gasteiger partial charge in [0.15, 0.2) is 11.6 Å². The van der Waals surface area contributed by atoms with Crippen molar-refractivity contribution < 1.29 is 0 Å². The maximum absolute atomic E-state index is 4.61. The van der Waals surface area contributed by atoms with Gasteiger partial charge < -0.3 is 9.88 Å². The van der Waals surface area contributed by atoms with Crippen LogP contribution in [-0.2, 0) is 14.1 Å². The average molecular weight is 283 g/mol. The maximum Gasteiger partial charge on any atom is 0.198 e. The molecule has 3 aromatic heterocycles. The molecule has 0 bridgehead atoms. The molecule has 7 nitrogen and oxygen atoms in total. The quantitative estimate of drug-likeness (QED) is 0.789. The van der Waals surface area contributed by atoms with E-state index >= 15 is 0 Å². The first-order chi connectivity index (χ1) is 10.2. The van der Waals surface area contributed by atoms with E-state index in [9.17, 15) is 0 Å². The lowest BCUT2D eigenvalue weighted by Crippen LogP contribution is -2.04. The smallest absolute Gasteiger partial charge is 0.198 e. The molecule has 0 fully saturated rings. The lowest BCUT2D eigenvalue weighted by atomic mass is 10.2. The van der Waals surface area contributed by atoms with E-state index in [1.54, 1.807) is 17.1 Å². The summed E-state index contributed by atoms with van der Waals surface area (Å²) in [6, 6.07) is 1.92. The summed E-state index contributed by atoms with van der Waals surface area (Å²) in [4.78, 5) is 13.5. The molecule has 0 radical (unpaired) electrons. The molecule has 7 heteroatoms. The lowest BCUT2D eigenvalue weighted by molar-refractivity contribution is 0.768. The van der Waals surface area contributed by atoms with E-state index < -0.39 is 0 Å². The second kappa shape index (κ2) is 5.35. The number of aromatic nitrogens is 6. The van der Waals surface area contributed by atoms with Crippen molar-refractivity contribution in [3.63, 3.8) is 0 Å². The van der Waals surface area contributed by atoms with E-state index in [0.29, 0.717) is 5.82 Å². The van der Waals surface area contributed by atoms with Crippen molar-refractivity contribution in [3.05, 3.63) is 30.9 Å². The Morgan fingerprint density at radius 2 is 2.10 bits per heavy atom. The highest BCUT2D eigenvalue weighted by atomic mass is 15.2. The third kappa shape index (κ3) is 2.62. The highest BCUT2D eigenvalue weighted by molar-refractivity contribution is 5.64. The summed E-state index contributed by atoms with van der Waals surface area (Å²) >= 11 is 0. The van der Waals surface area contributed by atoms with Crippen LogP contribution in [-0.4, -0.2) is 35.8 Å². The zero-order valence-electron chi connectivity index (χ0n) is 12.3. The van der Waals surface area contributed by atoms with E-state index in [0.717, 1.165) is 29.4 Å². The van der Waals surface area contributed by atoms with Gasteiger partial charge in [-0.3, -0.25) is 4.68 Å². The van der Waals surface area contributed by atoms with Crippen LogP contribution < -0.4 is 5.32 Å². The summed E-state index contributed by atoms with van der Waals surface area (Å²) in [5.74, 6) is 2.11. The molecular weight excluding hydrogens is 266 g/mol. The van der Waals surface area contributed by atoms with Gasteiger partial charge in [-0.1, -0.05) is 0 Å². The zero-order valence-corrected chi connectivity index (χ0v) is 12.3. The van der Waals surface area contributed by atoms with E-state index in [2.05, 4.69) is 25.4 Å². The van der Waals surface area contributed by atoms with Crippen LogP contribution in [0.15, 0.2) is 30.9 Å². The standard InChI is InChI=1S/C14H17N7/c1-4-15-12-7-11(10-8-17-21(3)9-10)18-13(19-12)14-16-5-6-20(14)2/h5-9H,4H2,1-3H3,(H,15,18,19). The number of imidazole rings is 1. The molecule has 0 amide bonds. The van der Waals surface area contributed by atoms with Gasteiger partial charge in [-0.2, -0.15) is 5.10 Å². The second-order valence-corrected chi connectivity index (χ2v) is 4.76. The Morgan fingerprint density at radius 1 is 1.24 bits per heavy atom. The van der Waals surface area contributed by atoms with Crippen molar-refractivity contribution in [3.8, 4) is 22.9 Å². The van der Waals surface area contributed by atoms with Crippen molar-refractivity contribution in [2.45, 2.75) is 6.92 Å². The molecule has 0 unspecified atom stereocenters. The first-order valence-corrected chi connectivity index (χ1v) is 6.77. The summed E-state index contributed by atoms with van der Waals surface area (Å²) in [5.41, 5.74) is 1.78. The van der Waals surface area contributed by atoms with Gasteiger partial charge in [-0.25, -0.2) is 15.0 Å². The SMILES string of the molecule is CCNc1cc(-c2cnn(C)c2)nc(-c2nccn2C)n1. The topological polar surface area (TPSA) is 73.5 Å².